The predicted octanol–water partition coefficient (Wildman–Crippen LogP) is 3.10. The summed E-state index contributed by atoms with van der Waals surface area (Å²) in [5, 5.41) is 6.02. The lowest BCUT2D eigenvalue weighted by Gasteiger charge is -2.26. The number of alkyl carbamates (subject to hydrolysis) is 1. The number of hydrogen-bond acceptors (Lipinski definition) is 5. The molecule has 0 saturated heterocycles. The van der Waals surface area contributed by atoms with Gasteiger partial charge in [0.05, 0.1) is 13.2 Å². The summed E-state index contributed by atoms with van der Waals surface area (Å²) in [7, 11) is 1.18. The Morgan fingerprint density at radius 1 is 1.26 bits per heavy atom. The summed E-state index contributed by atoms with van der Waals surface area (Å²) in [5.74, 6) is -0.757. The van der Waals surface area contributed by atoms with Gasteiger partial charge in [0.1, 0.15) is 5.60 Å². The van der Waals surface area contributed by atoms with Crippen molar-refractivity contribution in [3.8, 4) is 0 Å². The van der Waals surface area contributed by atoms with Gasteiger partial charge in [-0.3, -0.25) is 4.79 Å². The number of benzene rings is 1. The van der Waals surface area contributed by atoms with Crippen molar-refractivity contribution in [1.29, 1.82) is 0 Å². The van der Waals surface area contributed by atoms with Gasteiger partial charge in [-0.1, -0.05) is 35.4 Å². The molecule has 2 atom stereocenters. The average molecular weight is 320 g/mol. The first-order valence-electron chi connectivity index (χ1n) is 6.95. The summed E-state index contributed by atoms with van der Waals surface area (Å²) < 4.78 is 9.85. The van der Waals surface area contributed by atoms with Gasteiger partial charge < -0.3 is 14.8 Å². The highest BCUT2D eigenvalue weighted by Crippen LogP contribution is 2.21. The van der Waals surface area contributed by atoms with Gasteiger partial charge in [-0.05, 0) is 31.9 Å². The number of azide groups is 1. The number of nitrogens with one attached hydrogen (secondary N) is 1. The summed E-state index contributed by atoms with van der Waals surface area (Å²) in [6, 6.07) is 6.51. The van der Waals surface area contributed by atoms with Crippen molar-refractivity contribution in [3.05, 3.63) is 46.3 Å². The van der Waals surface area contributed by atoms with Crippen molar-refractivity contribution in [1.82, 2.24) is 5.32 Å². The zero-order chi connectivity index (χ0) is 17.5. The lowest BCUT2D eigenvalue weighted by atomic mass is 10.00. The number of amides is 1. The third-order valence-corrected chi connectivity index (χ3v) is 2.77. The van der Waals surface area contributed by atoms with Crippen LogP contribution in [0.2, 0.25) is 0 Å². The highest BCUT2D eigenvalue weighted by atomic mass is 16.6. The number of ether oxygens (including phenoxy) is 2. The first-order chi connectivity index (χ1) is 10.8. The minimum atomic E-state index is -1.25. The molecule has 0 heterocycles. The molecule has 0 bridgehead atoms. The summed E-state index contributed by atoms with van der Waals surface area (Å²) in [6.45, 7) is 5.15. The van der Waals surface area contributed by atoms with Crippen LogP contribution in [0.3, 0.4) is 0 Å². The minimum Gasteiger partial charge on any atom is -0.469 e. The molecular formula is C15H20N4O4. The lowest BCUT2D eigenvalue weighted by molar-refractivity contribution is -0.142. The molecule has 124 valence electrons. The molecule has 0 spiro atoms. The molecule has 0 aromatic heterocycles. The van der Waals surface area contributed by atoms with Crippen molar-refractivity contribution in [2.75, 3.05) is 7.11 Å². The van der Waals surface area contributed by atoms with Crippen LogP contribution < -0.4 is 5.32 Å². The monoisotopic (exact) mass is 320 g/mol. The fourth-order valence-corrected chi connectivity index (χ4v) is 1.87. The second kappa shape index (κ2) is 8.05. The van der Waals surface area contributed by atoms with Gasteiger partial charge in [0.25, 0.3) is 0 Å². The van der Waals surface area contributed by atoms with E-state index >= 15 is 0 Å². The average Bonchev–Trinajstić information content (AvgIpc) is 2.49. The Labute approximate surface area is 134 Å². The topological polar surface area (TPSA) is 113 Å². The van der Waals surface area contributed by atoms with E-state index < -0.39 is 29.7 Å². The number of carbonyl (C=O) groups is 2. The number of hydrogen-bond donors (Lipinski definition) is 1. The molecule has 0 radical (unpaired) electrons. The standard InChI is InChI=1S/C15H20N4O4/c1-15(2,3)23-14(21)17-11(10-8-6-5-7-9-10)12(18-19-16)13(20)22-4/h5-9,11-12H,1-4H3,(H,17,21)/t11-,12+/m0/s1. The molecule has 0 fully saturated rings. The van der Waals surface area contributed by atoms with E-state index in [0.717, 1.165) is 0 Å². The summed E-state index contributed by atoms with van der Waals surface area (Å²) in [6.07, 6.45) is -0.728. The molecule has 23 heavy (non-hydrogen) atoms. The Morgan fingerprint density at radius 2 is 1.87 bits per heavy atom. The molecule has 0 unspecified atom stereocenters. The van der Waals surface area contributed by atoms with Crippen LogP contribution in [0.15, 0.2) is 35.4 Å². The molecular weight excluding hydrogens is 300 g/mol. The maximum Gasteiger partial charge on any atom is 0.408 e. The van der Waals surface area contributed by atoms with E-state index in [4.69, 9.17) is 10.3 Å². The third-order valence-electron chi connectivity index (χ3n) is 2.77. The number of carbonyl (C=O) groups excluding carboxylic acids is 2. The molecule has 0 aliphatic heterocycles. The second-order valence-electron chi connectivity index (χ2n) is 5.71. The molecule has 0 aliphatic carbocycles. The molecule has 1 rings (SSSR count). The van der Waals surface area contributed by atoms with E-state index in [0.29, 0.717) is 5.56 Å². The van der Waals surface area contributed by atoms with Gasteiger partial charge in [-0.25, -0.2) is 4.79 Å². The highest BCUT2D eigenvalue weighted by molar-refractivity contribution is 5.79. The van der Waals surface area contributed by atoms with E-state index in [1.54, 1.807) is 51.1 Å². The van der Waals surface area contributed by atoms with Crippen LogP contribution in [0.1, 0.15) is 32.4 Å². The predicted molar refractivity (Wildman–Crippen MR) is 83.5 cm³/mol. The molecule has 8 nitrogen and oxygen atoms in total. The molecule has 1 aromatic carbocycles. The highest BCUT2D eigenvalue weighted by Gasteiger charge is 2.32. The fraction of sp³-hybridized carbons (Fsp3) is 0.467. The van der Waals surface area contributed by atoms with Crippen molar-refractivity contribution >= 4 is 12.1 Å². The number of rotatable bonds is 5. The van der Waals surface area contributed by atoms with Gasteiger partial charge in [0, 0.05) is 4.91 Å². The Bertz CT molecular complexity index is 591. The molecule has 1 N–H and O–H groups in total. The van der Waals surface area contributed by atoms with Crippen LogP contribution in [0.25, 0.3) is 10.4 Å². The maximum atomic E-state index is 12.0. The SMILES string of the molecule is COC(=O)[C@H](N=[N+]=[N-])[C@@H](NC(=O)OC(C)(C)C)c1ccccc1. The van der Waals surface area contributed by atoms with E-state index in [2.05, 4.69) is 20.1 Å². The smallest absolute Gasteiger partial charge is 0.408 e. The molecule has 1 aromatic rings. The number of esters is 1. The van der Waals surface area contributed by atoms with Crippen molar-refractivity contribution in [2.24, 2.45) is 5.11 Å². The van der Waals surface area contributed by atoms with Gasteiger partial charge in [-0.15, -0.1) is 0 Å². The fourth-order valence-electron chi connectivity index (χ4n) is 1.87. The Balaban J connectivity index is 3.13. The maximum absolute atomic E-state index is 12.0. The Kier molecular flexibility index (Phi) is 6.41. The second-order valence-corrected chi connectivity index (χ2v) is 5.71. The number of nitrogens with zero attached hydrogens (tertiary/aromatic N) is 3. The van der Waals surface area contributed by atoms with Gasteiger partial charge >= 0.3 is 12.1 Å². The van der Waals surface area contributed by atoms with Crippen molar-refractivity contribution in [3.63, 3.8) is 0 Å². The van der Waals surface area contributed by atoms with Crippen LogP contribution in [0, 0.1) is 0 Å². The zero-order valence-electron chi connectivity index (χ0n) is 13.5. The van der Waals surface area contributed by atoms with E-state index in [9.17, 15) is 9.59 Å². The van der Waals surface area contributed by atoms with Crippen molar-refractivity contribution in [2.45, 2.75) is 38.5 Å². The lowest BCUT2D eigenvalue weighted by Crippen LogP contribution is -2.42. The summed E-state index contributed by atoms with van der Waals surface area (Å²) in [4.78, 5) is 26.6. The first kappa shape index (κ1) is 18.3. The summed E-state index contributed by atoms with van der Waals surface area (Å²) in [5.41, 5.74) is 8.58. The van der Waals surface area contributed by atoms with Crippen molar-refractivity contribution < 1.29 is 19.1 Å². The van der Waals surface area contributed by atoms with Crippen LogP contribution in [-0.4, -0.2) is 30.8 Å². The zero-order valence-corrected chi connectivity index (χ0v) is 13.5. The van der Waals surface area contributed by atoms with Gasteiger partial charge in [0.2, 0.25) is 0 Å². The number of methoxy groups -OCH3 is 1. The minimum absolute atomic E-state index is 0.584. The van der Waals surface area contributed by atoms with E-state index in [1.165, 1.54) is 7.11 Å². The normalized spacial score (nSPS) is 13.2. The molecule has 0 aliphatic rings. The van der Waals surface area contributed by atoms with Crippen LogP contribution in [0.4, 0.5) is 4.79 Å². The molecule has 0 saturated carbocycles. The molecule has 1 amide bonds. The van der Waals surface area contributed by atoms with Crippen LogP contribution in [-0.2, 0) is 14.3 Å². The van der Waals surface area contributed by atoms with Crippen LogP contribution in [0.5, 0.6) is 0 Å². The van der Waals surface area contributed by atoms with E-state index in [1.807, 2.05) is 0 Å². The quantitative estimate of drug-likeness (QED) is 0.388. The van der Waals surface area contributed by atoms with Crippen LogP contribution >= 0.6 is 0 Å². The summed E-state index contributed by atoms with van der Waals surface area (Å²) >= 11 is 0. The first-order valence-corrected chi connectivity index (χ1v) is 6.95. The molecule has 8 heteroatoms. The third kappa shape index (κ3) is 5.88. The van der Waals surface area contributed by atoms with Gasteiger partial charge in [-0.2, -0.15) is 0 Å². The van der Waals surface area contributed by atoms with Gasteiger partial charge in [0.15, 0.2) is 6.04 Å². The Morgan fingerprint density at radius 3 is 2.35 bits per heavy atom. The van der Waals surface area contributed by atoms with E-state index in [-0.39, 0.29) is 0 Å². The largest absolute Gasteiger partial charge is 0.469 e. The Hall–Kier alpha value is -2.73.